The van der Waals surface area contributed by atoms with Gasteiger partial charge in [0.15, 0.2) is 0 Å². The van der Waals surface area contributed by atoms with Crippen molar-refractivity contribution in [3.63, 3.8) is 0 Å². The van der Waals surface area contributed by atoms with Crippen molar-refractivity contribution in [2.75, 3.05) is 31.6 Å². The van der Waals surface area contributed by atoms with Crippen LogP contribution in [0.2, 0.25) is 0 Å². The number of carboxylic acid groups (broad SMARTS) is 1. The fraction of sp³-hybridized carbons (Fsp3) is 0.737. The largest absolute Gasteiger partial charge is 0.490 e. The van der Waals surface area contributed by atoms with Crippen LogP contribution in [0.1, 0.15) is 42.8 Å². The molecule has 4 rings (SSSR count). The Morgan fingerprint density at radius 1 is 1.14 bits per heavy atom. The molecule has 2 N–H and O–H groups in total. The van der Waals surface area contributed by atoms with Gasteiger partial charge in [-0.15, -0.1) is 0 Å². The van der Waals surface area contributed by atoms with E-state index in [9.17, 15) is 13.2 Å². The predicted molar refractivity (Wildman–Crippen MR) is 99.9 cm³/mol. The van der Waals surface area contributed by atoms with Crippen molar-refractivity contribution in [2.24, 2.45) is 0 Å². The SMILES string of the molecule is Cc1nc2c(c(NC3CC3)n1)CCN(C1CCOCC1)CC2.O=C(O)C(F)(F)F. The smallest absolute Gasteiger partial charge is 0.475 e. The molecule has 162 valence electrons. The highest BCUT2D eigenvalue weighted by Gasteiger charge is 2.38. The quantitative estimate of drug-likeness (QED) is 0.783. The molecule has 0 unspecified atom stereocenters. The summed E-state index contributed by atoms with van der Waals surface area (Å²) in [6.07, 6.45) is 1.96. The number of anilines is 1. The number of aliphatic carboxylic acids is 1. The molecule has 0 amide bonds. The maximum atomic E-state index is 10.6. The van der Waals surface area contributed by atoms with Gasteiger partial charge in [0.25, 0.3) is 0 Å². The van der Waals surface area contributed by atoms with E-state index in [1.54, 1.807) is 0 Å². The van der Waals surface area contributed by atoms with Crippen LogP contribution in [0, 0.1) is 6.92 Å². The summed E-state index contributed by atoms with van der Waals surface area (Å²) in [4.78, 5) is 21.0. The van der Waals surface area contributed by atoms with Crippen molar-refractivity contribution >= 4 is 11.8 Å². The van der Waals surface area contributed by atoms with Gasteiger partial charge in [0.05, 0.1) is 5.69 Å². The lowest BCUT2D eigenvalue weighted by Crippen LogP contribution is -2.40. The van der Waals surface area contributed by atoms with E-state index in [2.05, 4.69) is 15.2 Å². The van der Waals surface area contributed by atoms with Crippen LogP contribution in [-0.2, 0) is 22.4 Å². The average Bonchev–Trinajstić information content (AvgIpc) is 3.49. The lowest BCUT2D eigenvalue weighted by molar-refractivity contribution is -0.192. The van der Waals surface area contributed by atoms with Gasteiger partial charge in [-0.25, -0.2) is 14.8 Å². The van der Waals surface area contributed by atoms with E-state index in [0.717, 1.165) is 50.8 Å². The Kier molecular flexibility index (Phi) is 6.94. The molecule has 0 spiro atoms. The van der Waals surface area contributed by atoms with Crippen LogP contribution >= 0.6 is 0 Å². The number of hydrogen-bond acceptors (Lipinski definition) is 6. The third-order valence-corrected chi connectivity index (χ3v) is 5.36. The van der Waals surface area contributed by atoms with E-state index in [-0.39, 0.29) is 0 Å². The maximum Gasteiger partial charge on any atom is 0.490 e. The normalized spacial score (nSPS) is 20.8. The fourth-order valence-electron chi connectivity index (χ4n) is 3.70. The van der Waals surface area contributed by atoms with E-state index in [1.807, 2.05) is 6.92 Å². The van der Waals surface area contributed by atoms with E-state index in [4.69, 9.17) is 19.6 Å². The molecule has 2 aliphatic heterocycles. The van der Waals surface area contributed by atoms with Crippen molar-refractivity contribution in [2.45, 2.75) is 63.7 Å². The number of alkyl halides is 3. The molecule has 3 aliphatic rings. The van der Waals surface area contributed by atoms with Gasteiger partial charge in [0.1, 0.15) is 11.6 Å². The van der Waals surface area contributed by atoms with Gasteiger partial charge < -0.3 is 15.2 Å². The zero-order valence-electron chi connectivity index (χ0n) is 16.5. The predicted octanol–water partition coefficient (Wildman–Crippen LogP) is 2.57. The lowest BCUT2D eigenvalue weighted by Gasteiger charge is -2.33. The monoisotopic (exact) mass is 416 g/mol. The number of ether oxygens (including phenoxy) is 1. The van der Waals surface area contributed by atoms with E-state index in [0.29, 0.717) is 12.1 Å². The summed E-state index contributed by atoms with van der Waals surface area (Å²) >= 11 is 0. The Morgan fingerprint density at radius 3 is 2.34 bits per heavy atom. The van der Waals surface area contributed by atoms with Gasteiger partial charge >= 0.3 is 12.1 Å². The Labute approximate surface area is 167 Å². The molecule has 1 aliphatic carbocycles. The van der Waals surface area contributed by atoms with Gasteiger partial charge in [0.2, 0.25) is 0 Å². The molecule has 29 heavy (non-hydrogen) atoms. The van der Waals surface area contributed by atoms with Gasteiger partial charge in [-0.1, -0.05) is 0 Å². The van der Waals surface area contributed by atoms with Crippen molar-refractivity contribution < 1.29 is 27.8 Å². The number of fused-ring (bicyclic) bond motifs is 1. The number of aryl methyl sites for hydroxylation is 1. The summed E-state index contributed by atoms with van der Waals surface area (Å²) < 4.78 is 37.2. The first kappa shape index (κ1) is 21.8. The van der Waals surface area contributed by atoms with Gasteiger partial charge in [-0.3, -0.25) is 4.90 Å². The standard InChI is InChI=1S/C17H26N4O.C2HF3O2/c1-12-18-16-5-9-21(14-6-10-22-11-7-14)8-4-15(16)17(19-12)20-13-2-3-13;3-2(4,5)1(6)7/h13-14H,2-11H2,1H3,(H,18,19,20);(H,6,7). The minimum atomic E-state index is -5.08. The zero-order chi connectivity index (χ0) is 21.0. The Bertz CT molecular complexity index is 719. The molecule has 2 fully saturated rings. The van der Waals surface area contributed by atoms with Gasteiger partial charge in [-0.2, -0.15) is 13.2 Å². The first-order valence-corrected chi connectivity index (χ1v) is 9.99. The molecule has 1 saturated heterocycles. The van der Waals surface area contributed by atoms with E-state index >= 15 is 0 Å². The highest BCUT2D eigenvalue weighted by atomic mass is 19.4. The minimum absolute atomic E-state index is 0.647. The summed E-state index contributed by atoms with van der Waals surface area (Å²) in [5, 5.41) is 10.7. The lowest BCUT2D eigenvalue weighted by atomic mass is 10.1. The molecule has 0 aromatic carbocycles. The Hall–Kier alpha value is -1.94. The first-order valence-electron chi connectivity index (χ1n) is 9.99. The second kappa shape index (κ2) is 9.25. The molecule has 7 nitrogen and oxygen atoms in total. The van der Waals surface area contributed by atoms with Crippen LogP contribution in [-0.4, -0.2) is 70.5 Å². The third kappa shape index (κ3) is 6.27. The van der Waals surface area contributed by atoms with Crippen LogP contribution in [0.15, 0.2) is 0 Å². The second-order valence-electron chi connectivity index (χ2n) is 7.65. The van der Waals surface area contributed by atoms with E-state index < -0.39 is 12.1 Å². The number of carboxylic acids is 1. The maximum absolute atomic E-state index is 10.6. The molecule has 1 saturated carbocycles. The molecule has 3 heterocycles. The summed E-state index contributed by atoms with van der Waals surface area (Å²) in [5.74, 6) is -0.743. The van der Waals surface area contributed by atoms with Crippen molar-refractivity contribution in [1.82, 2.24) is 14.9 Å². The Balaban J connectivity index is 0.000000298. The average molecular weight is 416 g/mol. The van der Waals surface area contributed by atoms with Crippen molar-refractivity contribution in [1.29, 1.82) is 0 Å². The molecule has 1 aromatic rings. The number of aromatic nitrogens is 2. The summed E-state index contributed by atoms with van der Waals surface area (Å²) in [6, 6.07) is 1.34. The number of hydrogen-bond donors (Lipinski definition) is 2. The zero-order valence-corrected chi connectivity index (χ0v) is 16.5. The van der Waals surface area contributed by atoms with Crippen LogP contribution in [0.3, 0.4) is 0 Å². The fourth-order valence-corrected chi connectivity index (χ4v) is 3.70. The number of halogens is 3. The van der Waals surface area contributed by atoms with Crippen LogP contribution < -0.4 is 5.32 Å². The highest BCUT2D eigenvalue weighted by molar-refractivity contribution is 5.73. The molecule has 10 heteroatoms. The number of carbonyl (C=O) groups is 1. The summed E-state index contributed by atoms with van der Waals surface area (Å²) in [5.41, 5.74) is 2.64. The molecule has 0 bridgehead atoms. The van der Waals surface area contributed by atoms with Crippen LogP contribution in [0.4, 0.5) is 19.0 Å². The van der Waals surface area contributed by atoms with Gasteiger partial charge in [-0.05, 0) is 39.0 Å². The van der Waals surface area contributed by atoms with Gasteiger partial charge in [0, 0.05) is 50.4 Å². The first-order chi connectivity index (χ1) is 13.7. The topological polar surface area (TPSA) is 87.6 Å². The minimum Gasteiger partial charge on any atom is -0.475 e. The van der Waals surface area contributed by atoms with E-state index in [1.165, 1.54) is 36.9 Å². The van der Waals surface area contributed by atoms with Crippen molar-refractivity contribution in [3.05, 3.63) is 17.1 Å². The molecule has 1 aromatic heterocycles. The van der Waals surface area contributed by atoms with Crippen LogP contribution in [0.25, 0.3) is 0 Å². The van der Waals surface area contributed by atoms with Crippen molar-refractivity contribution in [3.8, 4) is 0 Å². The highest BCUT2D eigenvalue weighted by Crippen LogP contribution is 2.29. The molecular formula is C19H27F3N4O3. The summed E-state index contributed by atoms with van der Waals surface area (Å²) in [7, 11) is 0. The number of nitrogens with zero attached hydrogens (tertiary/aromatic N) is 3. The number of rotatable bonds is 3. The molecular weight excluding hydrogens is 389 g/mol. The molecule has 0 atom stereocenters. The molecule has 0 radical (unpaired) electrons. The van der Waals surface area contributed by atoms with Crippen LogP contribution in [0.5, 0.6) is 0 Å². The number of nitrogens with one attached hydrogen (secondary N) is 1. The summed E-state index contributed by atoms with van der Waals surface area (Å²) in [6.45, 7) is 6.10. The second-order valence-corrected chi connectivity index (χ2v) is 7.65. The third-order valence-electron chi connectivity index (χ3n) is 5.36. The Morgan fingerprint density at radius 2 is 1.76 bits per heavy atom.